The fourth-order valence-electron chi connectivity index (χ4n) is 1.18. The minimum atomic E-state index is -0.339. The molecule has 6 heteroatoms. The number of nitrogens with zero attached hydrogens (tertiary/aromatic N) is 1. The first-order chi connectivity index (χ1) is 7.79. The van der Waals surface area contributed by atoms with E-state index in [2.05, 4.69) is 22.2 Å². The Balaban J connectivity index is 2.47. The molecule has 0 unspecified atom stereocenters. The summed E-state index contributed by atoms with van der Waals surface area (Å²) in [7, 11) is 1.41. The summed E-state index contributed by atoms with van der Waals surface area (Å²) in [5.74, 6) is 0.336. The normalized spacial score (nSPS) is 10.1. The Bertz CT molecular complexity index is 365. The Morgan fingerprint density at radius 1 is 1.50 bits per heavy atom. The summed E-state index contributed by atoms with van der Waals surface area (Å²) in [4.78, 5) is 17.6. The Morgan fingerprint density at radius 3 is 3.00 bits per heavy atom. The fraction of sp³-hybridized carbons (Fsp3) is 0.600. The van der Waals surface area contributed by atoms with Gasteiger partial charge in [0, 0.05) is 6.54 Å². The summed E-state index contributed by atoms with van der Waals surface area (Å²) in [6, 6.07) is 0. The summed E-state index contributed by atoms with van der Waals surface area (Å²) in [5, 5.41) is 3.18. The van der Waals surface area contributed by atoms with Crippen LogP contribution in [0.1, 0.15) is 13.3 Å². The van der Waals surface area contributed by atoms with Gasteiger partial charge in [0.1, 0.15) is 6.61 Å². The maximum absolute atomic E-state index is 11.3. The third-order valence-corrected chi connectivity index (χ3v) is 1.93. The molecule has 1 rings (SSSR count). The monoisotopic (exact) mass is 227 g/mol. The lowest BCUT2D eigenvalue weighted by molar-refractivity contribution is 0.278. The molecular formula is C10H17N3O3. The molecule has 1 aromatic rings. The van der Waals surface area contributed by atoms with Gasteiger partial charge in [-0.3, -0.25) is 4.79 Å². The van der Waals surface area contributed by atoms with Crippen molar-refractivity contribution in [2.75, 3.05) is 26.8 Å². The molecule has 0 radical (unpaired) electrons. The lowest BCUT2D eigenvalue weighted by atomic mass is 10.5. The second kappa shape index (κ2) is 6.84. The Labute approximate surface area is 94.0 Å². The van der Waals surface area contributed by atoms with Gasteiger partial charge in [-0.25, -0.2) is 4.98 Å². The van der Waals surface area contributed by atoms with E-state index >= 15 is 0 Å². The maximum Gasteiger partial charge on any atom is 0.297 e. The van der Waals surface area contributed by atoms with E-state index in [1.165, 1.54) is 13.4 Å². The van der Waals surface area contributed by atoms with Gasteiger partial charge in [-0.05, 0) is 13.0 Å². The summed E-state index contributed by atoms with van der Waals surface area (Å²) in [5.41, 5.74) is -0.339. The Morgan fingerprint density at radius 2 is 2.31 bits per heavy atom. The molecule has 0 bridgehead atoms. The predicted octanol–water partition coefficient (Wildman–Crippen LogP) is 0.157. The predicted molar refractivity (Wildman–Crippen MR) is 60.1 cm³/mol. The molecule has 6 nitrogen and oxygen atoms in total. The highest BCUT2D eigenvalue weighted by atomic mass is 16.5. The molecule has 1 aromatic heterocycles. The van der Waals surface area contributed by atoms with Crippen LogP contribution in [-0.2, 0) is 0 Å². The molecule has 2 N–H and O–H groups in total. The summed E-state index contributed by atoms with van der Waals surface area (Å²) < 4.78 is 10.2. The number of aromatic amines is 1. The number of H-pyrrole nitrogens is 1. The van der Waals surface area contributed by atoms with E-state index in [0.717, 1.165) is 13.0 Å². The van der Waals surface area contributed by atoms with E-state index in [-0.39, 0.29) is 17.2 Å². The molecule has 0 atom stereocenters. The van der Waals surface area contributed by atoms with Crippen LogP contribution in [-0.4, -0.2) is 36.8 Å². The second-order valence-corrected chi connectivity index (χ2v) is 3.17. The van der Waals surface area contributed by atoms with Crippen LogP contribution in [0.3, 0.4) is 0 Å². The van der Waals surface area contributed by atoms with E-state index in [1.54, 1.807) is 0 Å². The van der Waals surface area contributed by atoms with Crippen molar-refractivity contribution in [1.82, 2.24) is 15.3 Å². The SMILES string of the molecule is CCCNCCOc1nc[nH]c(=O)c1OC. The number of rotatable bonds is 7. The van der Waals surface area contributed by atoms with E-state index in [0.29, 0.717) is 13.2 Å². The zero-order valence-corrected chi connectivity index (χ0v) is 9.58. The first-order valence-corrected chi connectivity index (χ1v) is 5.24. The van der Waals surface area contributed by atoms with E-state index in [9.17, 15) is 4.79 Å². The molecule has 0 aliphatic carbocycles. The van der Waals surface area contributed by atoms with Crippen molar-refractivity contribution in [1.29, 1.82) is 0 Å². The zero-order valence-electron chi connectivity index (χ0n) is 9.58. The minimum Gasteiger partial charge on any atom is -0.487 e. The number of nitrogens with one attached hydrogen (secondary N) is 2. The van der Waals surface area contributed by atoms with E-state index < -0.39 is 0 Å². The van der Waals surface area contributed by atoms with Gasteiger partial charge >= 0.3 is 0 Å². The quantitative estimate of drug-likeness (QED) is 0.649. The van der Waals surface area contributed by atoms with Gasteiger partial charge in [0.05, 0.1) is 13.4 Å². The highest BCUT2D eigenvalue weighted by Crippen LogP contribution is 2.16. The van der Waals surface area contributed by atoms with Gasteiger partial charge in [-0.15, -0.1) is 0 Å². The highest BCUT2D eigenvalue weighted by molar-refractivity contribution is 5.29. The molecule has 0 amide bonds. The Kier molecular flexibility index (Phi) is 5.35. The van der Waals surface area contributed by atoms with Crippen LogP contribution in [0.2, 0.25) is 0 Å². The van der Waals surface area contributed by atoms with Gasteiger partial charge in [-0.2, -0.15) is 0 Å². The third-order valence-electron chi connectivity index (χ3n) is 1.93. The van der Waals surface area contributed by atoms with Crippen LogP contribution in [0.5, 0.6) is 11.6 Å². The fourth-order valence-corrected chi connectivity index (χ4v) is 1.18. The van der Waals surface area contributed by atoms with Gasteiger partial charge in [0.15, 0.2) is 0 Å². The molecule has 0 aliphatic rings. The van der Waals surface area contributed by atoms with Crippen LogP contribution in [0, 0.1) is 0 Å². The van der Waals surface area contributed by atoms with Gasteiger partial charge < -0.3 is 19.8 Å². The van der Waals surface area contributed by atoms with Crippen LogP contribution >= 0.6 is 0 Å². The minimum absolute atomic E-state index is 0.109. The molecule has 0 fully saturated rings. The number of hydrogen-bond acceptors (Lipinski definition) is 5. The molecule has 90 valence electrons. The van der Waals surface area contributed by atoms with Crippen LogP contribution in [0.25, 0.3) is 0 Å². The number of hydrogen-bond donors (Lipinski definition) is 2. The average Bonchev–Trinajstić information content (AvgIpc) is 2.29. The van der Waals surface area contributed by atoms with E-state index in [1.807, 2.05) is 0 Å². The lowest BCUT2D eigenvalue weighted by Crippen LogP contribution is -2.22. The summed E-state index contributed by atoms with van der Waals surface area (Å²) in [6.07, 6.45) is 2.37. The Hall–Kier alpha value is -1.56. The van der Waals surface area contributed by atoms with Crippen LogP contribution < -0.4 is 20.3 Å². The molecule has 16 heavy (non-hydrogen) atoms. The van der Waals surface area contributed by atoms with Crippen molar-refractivity contribution in [3.63, 3.8) is 0 Å². The molecule has 0 aromatic carbocycles. The molecule has 0 spiro atoms. The first-order valence-electron chi connectivity index (χ1n) is 5.24. The molecule has 1 heterocycles. The summed E-state index contributed by atoms with van der Waals surface area (Å²) >= 11 is 0. The summed E-state index contributed by atoms with van der Waals surface area (Å²) in [6.45, 7) is 4.21. The maximum atomic E-state index is 11.3. The smallest absolute Gasteiger partial charge is 0.297 e. The van der Waals surface area contributed by atoms with E-state index in [4.69, 9.17) is 9.47 Å². The topological polar surface area (TPSA) is 76.2 Å². The largest absolute Gasteiger partial charge is 0.487 e. The second-order valence-electron chi connectivity index (χ2n) is 3.17. The van der Waals surface area contributed by atoms with Crippen molar-refractivity contribution in [3.05, 3.63) is 16.7 Å². The van der Waals surface area contributed by atoms with Crippen molar-refractivity contribution in [3.8, 4) is 11.6 Å². The number of methoxy groups -OCH3 is 1. The van der Waals surface area contributed by atoms with Crippen molar-refractivity contribution < 1.29 is 9.47 Å². The first kappa shape index (κ1) is 12.5. The number of aromatic nitrogens is 2. The van der Waals surface area contributed by atoms with Gasteiger partial charge in [0.25, 0.3) is 11.4 Å². The van der Waals surface area contributed by atoms with Gasteiger partial charge in [0.2, 0.25) is 5.75 Å². The van der Waals surface area contributed by atoms with Crippen molar-refractivity contribution in [2.24, 2.45) is 0 Å². The van der Waals surface area contributed by atoms with Crippen LogP contribution in [0.15, 0.2) is 11.1 Å². The third kappa shape index (κ3) is 3.54. The molecule has 0 aliphatic heterocycles. The van der Waals surface area contributed by atoms with Gasteiger partial charge in [-0.1, -0.05) is 6.92 Å². The molecule has 0 saturated carbocycles. The highest BCUT2D eigenvalue weighted by Gasteiger charge is 2.09. The molecular weight excluding hydrogens is 210 g/mol. The standard InChI is InChI=1S/C10H17N3O3/c1-3-4-11-5-6-16-10-8(15-2)9(14)12-7-13-10/h7,11H,3-6H2,1-2H3,(H,12,13,14). The number of ether oxygens (including phenoxy) is 2. The van der Waals surface area contributed by atoms with Crippen molar-refractivity contribution in [2.45, 2.75) is 13.3 Å². The van der Waals surface area contributed by atoms with Crippen molar-refractivity contribution >= 4 is 0 Å². The van der Waals surface area contributed by atoms with Crippen LogP contribution in [0.4, 0.5) is 0 Å². The lowest BCUT2D eigenvalue weighted by Gasteiger charge is -2.08. The zero-order chi connectivity index (χ0) is 11.8. The molecule has 0 saturated heterocycles. The average molecular weight is 227 g/mol.